The van der Waals surface area contributed by atoms with Crippen molar-refractivity contribution >= 4 is 23.0 Å². The molecule has 0 spiro atoms. The first kappa shape index (κ1) is 12.8. The van der Waals surface area contributed by atoms with Crippen LogP contribution in [0.3, 0.4) is 0 Å². The van der Waals surface area contributed by atoms with E-state index in [4.69, 9.17) is 11.5 Å². The maximum atomic E-state index is 10.8. The number of primary amides is 1. The standard InChI is InChI=1S/C10H14N4O3/c1-2-13(6-10(12)15)7-3-4-9(14(16)17)8(11)5-7/h3-5H,2,6,11H2,1H3,(H2,12,15). The average molecular weight is 238 g/mol. The number of nitrogen functional groups attached to an aromatic ring is 1. The van der Waals surface area contributed by atoms with E-state index < -0.39 is 10.8 Å². The van der Waals surface area contributed by atoms with Crippen molar-refractivity contribution in [2.45, 2.75) is 6.92 Å². The maximum Gasteiger partial charge on any atom is 0.292 e. The summed E-state index contributed by atoms with van der Waals surface area (Å²) in [5.41, 5.74) is 11.2. The zero-order valence-corrected chi connectivity index (χ0v) is 9.42. The summed E-state index contributed by atoms with van der Waals surface area (Å²) in [4.78, 5) is 22.6. The van der Waals surface area contributed by atoms with Gasteiger partial charge in [-0.15, -0.1) is 0 Å². The molecule has 92 valence electrons. The van der Waals surface area contributed by atoms with Crippen LogP contribution in [0.4, 0.5) is 17.1 Å². The van der Waals surface area contributed by atoms with E-state index in [-0.39, 0.29) is 17.9 Å². The summed E-state index contributed by atoms with van der Waals surface area (Å²) < 4.78 is 0. The van der Waals surface area contributed by atoms with Gasteiger partial charge in [-0.25, -0.2) is 0 Å². The molecule has 0 aromatic heterocycles. The lowest BCUT2D eigenvalue weighted by atomic mass is 10.2. The Morgan fingerprint density at radius 2 is 2.18 bits per heavy atom. The maximum absolute atomic E-state index is 10.8. The molecular formula is C10H14N4O3. The summed E-state index contributed by atoms with van der Waals surface area (Å²) in [6, 6.07) is 4.32. The van der Waals surface area contributed by atoms with Crippen molar-refractivity contribution in [1.29, 1.82) is 0 Å². The summed E-state index contributed by atoms with van der Waals surface area (Å²) in [6.45, 7) is 2.45. The SMILES string of the molecule is CCN(CC(N)=O)c1ccc([N+](=O)[O-])c(N)c1. The second-order valence-electron chi connectivity index (χ2n) is 3.48. The van der Waals surface area contributed by atoms with Gasteiger partial charge in [-0.1, -0.05) is 0 Å². The molecule has 1 aromatic carbocycles. The van der Waals surface area contributed by atoms with Crippen molar-refractivity contribution in [3.05, 3.63) is 28.3 Å². The molecule has 1 amide bonds. The van der Waals surface area contributed by atoms with Crippen LogP contribution in [0.15, 0.2) is 18.2 Å². The van der Waals surface area contributed by atoms with Crippen molar-refractivity contribution in [1.82, 2.24) is 0 Å². The number of hydrogen-bond donors (Lipinski definition) is 2. The quantitative estimate of drug-likeness (QED) is 0.440. The van der Waals surface area contributed by atoms with Crippen molar-refractivity contribution in [2.24, 2.45) is 5.73 Å². The number of carbonyl (C=O) groups excluding carboxylic acids is 1. The Hall–Kier alpha value is -2.31. The number of rotatable bonds is 5. The third-order valence-electron chi connectivity index (χ3n) is 2.30. The van der Waals surface area contributed by atoms with E-state index in [1.165, 1.54) is 12.1 Å². The monoisotopic (exact) mass is 238 g/mol. The fourth-order valence-electron chi connectivity index (χ4n) is 1.48. The van der Waals surface area contributed by atoms with E-state index in [2.05, 4.69) is 0 Å². The van der Waals surface area contributed by atoms with Gasteiger partial charge < -0.3 is 16.4 Å². The Kier molecular flexibility index (Phi) is 3.86. The van der Waals surface area contributed by atoms with Gasteiger partial charge >= 0.3 is 0 Å². The normalized spacial score (nSPS) is 9.94. The van der Waals surface area contributed by atoms with Crippen LogP contribution in [-0.2, 0) is 4.79 Å². The molecule has 0 unspecified atom stereocenters. The van der Waals surface area contributed by atoms with Gasteiger partial charge in [0.1, 0.15) is 5.69 Å². The van der Waals surface area contributed by atoms with Crippen LogP contribution < -0.4 is 16.4 Å². The summed E-state index contributed by atoms with van der Waals surface area (Å²) in [7, 11) is 0. The Bertz CT molecular complexity index is 447. The minimum Gasteiger partial charge on any atom is -0.393 e. The average Bonchev–Trinajstić information content (AvgIpc) is 2.24. The first-order valence-corrected chi connectivity index (χ1v) is 5.02. The third kappa shape index (κ3) is 3.07. The number of amides is 1. The number of carbonyl (C=O) groups is 1. The highest BCUT2D eigenvalue weighted by molar-refractivity contribution is 5.80. The van der Waals surface area contributed by atoms with Gasteiger partial charge in [0.2, 0.25) is 5.91 Å². The van der Waals surface area contributed by atoms with Gasteiger partial charge in [0.15, 0.2) is 0 Å². The van der Waals surface area contributed by atoms with Gasteiger partial charge in [-0.2, -0.15) is 0 Å². The summed E-state index contributed by atoms with van der Waals surface area (Å²) in [5.74, 6) is -0.469. The molecule has 0 heterocycles. The van der Waals surface area contributed by atoms with Crippen LogP contribution in [0.2, 0.25) is 0 Å². The van der Waals surface area contributed by atoms with Crippen LogP contribution in [0, 0.1) is 10.1 Å². The van der Waals surface area contributed by atoms with Crippen LogP contribution in [-0.4, -0.2) is 23.9 Å². The van der Waals surface area contributed by atoms with Gasteiger partial charge in [0.25, 0.3) is 5.69 Å². The number of nitrogens with two attached hydrogens (primary N) is 2. The van der Waals surface area contributed by atoms with E-state index in [9.17, 15) is 14.9 Å². The first-order chi connectivity index (χ1) is 7.95. The number of nitro benzene ring substituents is 1. The van der Waals surface area contributed by atoms with Crippen LogP contribution in [0.1, 0.15) is 6.92 Å². The number of benzene rings is 1. The minimum atomic E-state index is -0.552. The van der Waals surface area contributed by atoms with Crippen molar-refractivity contribution in [2.75, 3.05) is 23.7 Å². The van der Waals surface area contributed by atoms with Crippen LogP contribution >= 0.6 is 0 Å². The Balaban J connectivity index is 3.02. The van der Waals surface area contributed by atoms with Crippen molar-refractivity contribution in [3.63, 3.8) is 0 Å². The summed E-state index contributed by atoms with van der Waals surface area (Å²) >= 11 is 0. The first-order valence-electron chi connectivity index (χ1n) is 5.02. The predicted molar refractivity (Wildman–Crippen MR) is 64.6 cm³/mol. The molecule has 1 rings (SSSR count). The molecular weight excluding hydrogens is 224 g/mol. The molecule has 0 aliphatic carbocycles. The minimum absolute atomic E-state index is 0.0494. The molecule has 1 aromatic rings. The lowest BCUT2D eigenvalue weighted by Crippen LogP contribution is -2.33. The van der Waals surface area contributed by atoms with E-state index in [1.54, 1.807) is 11.0 Å². The van der Waals surface area contributed by atoms with Gasteiger partial charge in [-0.3, -0.25) is 14.9 Å². The number of nitrogens with zero attached hydrogens (tertiary/aromatic N) is 2. The van der Waals surface area contributed by atoms with E-state index in [0.717, 1.165) is 0 Å². The van der Waals surface area contributed by atoms with Crippen LogP contribution in [0.5, 0.6) is 0 Å². The molecule has 0 radical (unpaired) electrons. The molecule has 0 aliphatic rings. The highest BCUT2D eigenvalue weighted by Crippen LogP contribution is 2.26. The zero-order chi connectivity index (χ0) is 13.0. The lowest BCUT2D eigenvalue weighted by molar-refractivity contribution is -0.383. The molecule has 4 N–H and O–H groups in total. The number of likely N-dealkylation sites (N-methyl/N-ethyl adjacent to an activating group) is 1. The van der Waals surface area contributed by atoms with Crippen molar-refractivity contribution in [3.8, 4) is 0 Å². The summed E-state index contributed by atoms with van der Waals surface area (Å²) in [5, 5.41) is 10.6. The lowest BCUT2D eigenvalue weighted by Gasteiger charge is -2.21. The molecule has 0 bridgehead atoms. The van der Waals surface area contributed by atoms with Crippen LogP contribution in [0.25, 0.3) is 0 Å². The molecule has 0 aliphatic heterocycles. The second kappa shape index (κ2) is 5.15. The van der Waals surface area contributed by atoms with Crippen molar-refractivity contribution < 1.29 is 9.72 Å². The Labute approximate surface area is 98.1 Å². The topological polar surface area (TPSA) is 115 Å². The molecule has 0 saturated carbocycles. The van der Waals surface area contributed by atoms with E-state index in [0.29, 0.717) is 12.2 Å². The fourth-order valence-corrected chi connectivity index (χ4v) is 1.48. The smallest absolute Gasteiger partial charge is 0.292 e. The Morgan fingerprint density at radius 1 is 1.53 bits per heavy atom. The molecule has 7 heteroatoms. The number of anilines is 2. The van der Waals surface area contributed by atoms with E-state index >= 15 is 0 Å². The zero-order valence-electron chi connectivity index (χ0n) is 9.42. The molecule has 7 nitrogen and oxygen atoms in total. The largest absolute Gasteiger partial charge is 0.393 e. The van der Waals surface area contributed by atoms with Gasteiger partial charge in [0, 0.05) is 18.3 Å². The Morgan fingerprint density at radius 3 is 2.59 bits per heavy atom. The molecule has 17 heavy (non-hydrogen) atoms. The fraction of sp³-hybridized carbons (Fsp3) is 0.300. The highest BCUT2D eigenvalue weighted by Gasteiger charge is 2.14. The second-order valence-corrected chi connectivity index (χ2v) is 3.48. The predicted octanol–water partition coefficient (Wildman–Crippen LogP) is 0.489. The number of nitro groups is 1. The molecule has 0 atom stereocenters. The summed E-state index contributed by atoms with van der Waals surface area (Å²) in [6.07, 6.45) is 0. The highest BCUT2D eigenvalue weighted by atomic mass is 16.6. The van der Waals surface area contributed by atoms with Gasteiger partial charge in [0.05, 0.1) is 11.5 Å². The molecule has 0 saturated heterocycles. The van der Waals surface area contributed by atoms with Gasteiger partial charge in [-0.05, 0) is 19.1 Å². The van der Waals surface area contributed by atoms with E-state index in [1.807, 2.05) is 6.92 Å². The number of hydrogen-bond acceptors (Lipinski definition) is 5. The third-order valence-corrected chi connectivity index (χ3v) is 2.30. The molecule has 0 fully saturated rings.